The lowest BCUT2D eigenvalue weighted by atomic mass is 10.1. The molecule has 0 aromatic heterocycles. The van der Waals surface area contributed by atoms with Gasteiger partial charge in [0.1, 0.15) is 5.75 Å². The summed E-state index contributed by atoms with van der Waals surface area (Å²) in [5, 5.41) is 0. The molecule has 29 heavy (non-hydrogen) atoms. The maximum Gasteiger partial charge on any atom is 0.460 e. The number of carbonyl (C=O) groups excluding carboxylic acids is 2. The molecule has 1 rings (SSSR count). The molecule has 0 heterocycles. The predicted molar refractivity (Wildman–Crippen MR) is 87.4 cm³/mol. The summed E-state index contributed by atoms with van der Waals surface area (Å²) in [5.74, 6) is -15.8. The van der Waals surface area contributed by atoms with Gasteiger partial charge in [-0.25, -0.2) is 0 Å². The van der Waals surface area contributed by atoms with Gasteiger partial charge in [0, 0.05) is 11.8 Å². The normalized spacial score (nSPS) is 13.1. The van der Waals surface area contributed by atoms with Crippen molar-refractivity contribution in [2.24, 2.45) is 0 Å². The summed E-state index contributed by atoms with van der Waals surface area (Å²) in [6, 6.07) is 5.14. The van der Waals surface area contributed by atoms with E-state index in [0.29, 0.717) is 5.75 Å². The van der Waals surface area contributed by atoms with Crippen molar-refractivity contribution in [1.82, 2.24) is 10.9 Å². The third-order valence-electron chi connectivity index (χ3n) is 3.37. The average Bonchev–Trinajstić information content (AvgIpc) is 2.56. The lowest BCUT2D eigenvalue weighted by Gasteiger charge is -2.26. The Labute approximate surface area is 160 Å². The summed E-state index contributed by atoms with van der Waals surface area (Å²) < 4.78 is 93.5. The summed E-state index contributed by atoms with van der Waals surface area (Å²) in [6.07, 6.45) is -6.80. The number of halogens is 7. The molecule has 1 aromatic carbocycles. The number of rotatable bonds is 8. The fourth-order valence-electron chi connectivity index (χ4n) is 2.03. The van der Waals surface area contributed by atoms with Crippen molar-refractivity contribution in [3.05, 3.63) is 41.1 Å². The van der Waals surface area contributed by atoms with E-state index in [-0.39, 0.29) is 6.08 Å². The van der Waals surface area contributed by atoms with Crippen LogP contribution in [0.15, 0.2) is 30.0 Å². The second-order valence-electron chi connectivity index (χ2n) is 6.12. The molecule has 0 aliphatic rings. The molecule has 12 heteroatoms. The number of allylic oxidation sites excluding steroid dienone is 2. The maximum atomic E-state index is 13.2. The monoisotopic (exact) mass is 430 g/mol. The van der Waals surface area contributed by atoms with E-state index in [4.69, 9.17) is 4.74 Å². The first-order chi connectivity index (χ1) is 13.1. The highest BCUT2D eigenvalue weighted by Gasteiger charge is 2.75. The highest BCUT2D eigenvalue weighted by atomic mass is 19.4. The molecule has 0 aliphatic heterocycles. The van der Waals surface area contributed by atoms with Gasteiger partial charge in [-0.2, -0.15) is 30.7 Å². The number of alkyl halides is 7. The Morgan fingerprint density at radius 3 is 1.97 bits per heavy atom. The molecule has 1 aromatic rings. The van der Waals surface area contributed by atoms with Gasteiger partial charge in [-0.1, -0.05) is 6.07 Å². The van der Waals surface area contributed by atoms with Crippen LogP contribution in [0.5, 0.6) is 5.75 Å². The first kappa shape index (κ1) is 24.2. The van der Waals surface area contributed by atoms with Crippen LogP contribution in [-0.4, -0.2) is 36.3 Å². The minimum absolute atomic E-state index is 0.176. The SMILES string of the molecule is C/C(=C\C(=O)C(F)(F)C(F)(F)C(F)(F)F)NNC(=O)COc1cc(C)cc(C)c1. The number of hydrogen-bond donors (Lipinski definition) is 2. The van der Waals surface area contributed by atoms with Crippen LogP contribution >= 0.6 is 0 Å². The number of ketones is 1. The number of carbonyl (C=O) groups is 2. The number of amides is 1. The lowest BCUT2D eigenvalue weighted by Crippen LogP contribution is -2.55. The molecular formula is C17H17F7N2O3. The van der Waals surface area contributed by atoms with E-state index in [1.807, 2.05) is 16.9 Å². The molecule has 162 valence electrons. The first-order valence-electron chi connectivity index (χ1n) is 7.89. The summed E-state index contributed by atoms with van der Waals surface area (Å²) in [4.78, 5) is 22.8. The molecule has 0 aliphatic carbocycles. The molecule has 0 saturated heterocycles. The average molecular weight is 430 g/mol. The smallest absolute Gasteiger partial charge is 0.460 e. The van der Waals surface area contributed by atoms with Gasteiger partial charge in [0.2, 0.25) is 5.78 Å². The molecule has 5 nitrogen and oxygen atoms in total. The number of aryl methyl sites for hydroxylation is 2. The van der Waals surface area contributed by atoms with Crippen LogP contribution in [0, 0.1) is 13.8 Å². The minimum atomic E-state index is -6.62. The van der Waals surface area contributed by atoms with Gasteiger partial charge in [-0.3, -0.25) is 15.0 Å². The second-order valence-corrected chi connectivity index (χ2v) is 6.12. The van der Waals surface area contributed by atoms with Crippen LogP contribution in [0.25, 0.3) is 0 Å². The van der Waals surface area contributed by atoms with E-state index in [1.165, 1.54) is 0 Å². The highest BCUT2D eigenvalue weighted by Crippen LogP contribution is 2.47. The number of hydrogen-bond acceptors (Lipinski definition) is 4. The Kier molecular flexibility index (Phi) is 7.28. The minimum Gasteiger partial charge on any atom is -0.484 e. The zero-order valence-electron chi connectivity index (χ0n) is 15.4. The number of ether oxygens (including phenoxy) is 1. The second kappa shape index (κ2) is 8.70. The predicted octanol–water partition coefficient (Wildman–Crippen LogP) is 3.61. The quantitative estimate of drug-likeness (QED) is 0.376. The fraction of sp³-hybridized carbons (Fsp3) is 0.412. The van der Waals surface area contributed by atoms with Gasteiger partial charge in [-0.15, -0.1) is 0 Å². The summed E-state index contributed by atoms with van der Waals surface area (Å²) >= 11 is 0. The highest BCUT2D eigenvalue weighted by molar-refractivity contribution is 5.97. The number of nitrogens with one attached hydrogen (secondary N) is 2. The van der Waals surface area contributed by atoms with Crippen LogP contribution in [0.4, 0.5) is 30.7 Å². The Bertz CT molecular complexity index is 784. The van der Waals surface area contributed by atoms with Crippen molar-refractivity contribution in [2.75, 3.05) is 6.61 Å². The standard InChI is InChI=1S/C17H17F7N2O3/c1-9-4-10(2)6-12(5-9)29-8-14(28)26-25-11(3)7-13(27)15(18,19)16(20,21)17(22,23)24/h4-7,25H,8H2,1-3H3,(H,26,28)/b11-7+. The molecule has 0 spiro atoms. The summed E-state index contributed by atoms with van der Waals surface area (Å²) in [6.45, 7) is 3.96. The Morgan fingerprint density at radius 1 is 0.966 bits per heavy atom. The summed E-state index contributed by atoms with van der Waals surface area (Å²) in [7, 11) is 0. The molecule has 0 fully saturated rings. The van der Waals surface area contributed by atoms with E-state index >= 15 is 0 Å². The zero-order valence-corrected chi connectivity index (χ0v) is 15.4. The molecule has 0 atom stereocenters. The molecule has 2 N–H and O–H groups in total. The Hall–Kier alpha value is -2.79. The largest absolute Gasteiger partial charge is 0.484 e. The van der Waals surface area contributed by atoms with E-state index in [9.17, 15) is 40.3 Å². The molecule has 0 radical (unpaired) electrons. The third-order valence-corrected chi connectivity index (χ3v) is 3.37. The maximum absolute atomic E-state index is 13.2. The topological polar surface area (TPSA) is 67.4 Å². The molecular weight excluding hydrogens is 413 g/mol. The Morgan fingerprint density at radius 2 is 1.48 bits per heavy atom. The van der Waals surface area contributed by atoms with Crippen molar-refractivity contribution in [2.45, 2.75) is 38.8 Å². The molecule has 0 bridgehead atoms. The van der Waals surface area contributed by atoms with Crippen LogP contribution < -0.4 is 15.6 Å². The number of benzene rings is 1. The van der Waals surface area contributed by atoms with Crippen molar-refractivity contribution >= 4 is 11.7 Å². The summed E-state index contributed by atoms with van der Waals surface area (Å²) in [5.41, 5.74) is 4.99. The molecule has 1 amide bonds. The fourth-order valence-corrected chi connectivity index (χ4v) is 2.03. The molecule has 0 saturated carbocycles. The van der Waals surface area contributed by atoms with Crippen LogP contribution in [-0.2, 0) is 9.59 Å². The van der Waals surface area contributed by atoms with Crippen molar-refractivity contribution in [3.8, 4) is 5.75 Å². The number of hydrazine groups is 1. The van der Waals surface area contributed by atoms with Gasteiger partial charge in [0.05, 0.1) is 0 Å². The van der Waals surface area contributed by atoms with E-state index in [1.54, 1.807) is 26.0 Å². The van der Waals surface area contributed by atoms with Gasteiger partial charge in [-0.05, 0) is 44.0 Å². The van der Waals surface area contributed by atoms with Crippen LogP contribution in [0.3, 0.4) is 0 Å². The van der Waals surface area contributed by atoms with Crippen molar-refractivity contribution in [3.63, 3.8) is 0 Å². The van der Waals surface area contributed by atoms with Crippen molar-refractivity contribution < 1.29 is 45.1 Å². The van der Waals surface area contributed by atoms with Gasteiger partial charge in [0.15, 0.2) is 6.61 Å². The Balaban J connectivity index is 2.66. The van der Waals surface area contributed by atoms with Crippen LogP contribution in [0.2, 0.25) is 0 Å². The first-order valence-corrected chi connectivity index (χ1v) is 7.89. The van der Waals surface area contributed by atoms with Crippen molar-refractivity contribution in [1.29, 1.82) is 0 Å². The van der Waals surface area contributed by atoms with Crippen LogP contribution in [0.1, 0.15) is 18.1 Å². The van der Waals surface area contributed by atoms with E-state index < -0.39 is 42.0 Å². The lowest BCUT2D eigenvalue weighted by molar-refractivity contribution is -0.342. The van der Waals surface area contributed by atoms with E-state index in [2.05, 4.69) is 0 Å². The van der Waals surface area contributed by atoms with E-state index in [0.717, 1.165) is 18.1 Å². The van der Waals surface area contributed by atoms with Gasteiger partial charge in [0.25, 0.3) is 5.91 Å². The third kappa shape index (κ3) is 6.09. The van der Waals surface area contributed by atoms with Gasteiger partial charge >= 0.3 is 18.0 Å². The molecule has 0 unspecified atom stereocenters. The zero-order chi connectivity index (χ0) is 22.6. The van der Waals surface area contributed by atoms with Gasteiger partial charge < -0.3 is 10.2 Å².